The molecule has 0 fully saturated rings. The first kappa shape index (κ1) is 9.86. The molecule has 4 nitrogen and oxygen atoms in total. The molecule has 5 heteroatoms. The molecule has 2 rings (SSSR count). The van der Waals surface area contributed by atoms with Gasteiger partial charge in [0.2, 0.25) is 0 Å². The van der Waals surface area contributed by atoms with Crippen LogP contribution in [-0.4, -0.2) is 22.6 Å². The van der Waals surface area contributed by atoms with E-state index in [2.05, 4.69) is 4.74 Å². The standard InChI is InChI=1S/C10H8ClNO3/c1-15-10(14)7-2-3-12-5-6(11)4-8(12)9(7)13/h2-5,13H,1H3. The van der Waals surface area contributed by atoms with Crippen molar-refractivity contribution in [2.75, 3.05) is 7.11 Å². The number of rotatable bonds is 1. The number of nitrogens with zero attached hydrogens (tertiary/aromatic N) is 1. The lowest BCUT2D eigenvalue weighted by atomic mass is 10.2. The van der Waals surface area contributed by atoms with Gasteiger partial charge in [0, 0.05) is 12.4 Å². The number of aromatic hydroxyl groups is 1. The molecule has 0 aliphatic rings. The SMILES string of the molecule is COC(=O)c1ccn2cc(Cl)cc2c1O. The highest BCUT2D eigenvalue weighted by molar-refractivity contribution is 6.31. The summed E-state index contributed by atoms with van der Waals surface area (Å²) in [5.41, 5.74) is 0.600. The summed E-state index contributed by atoms with van der Waals surface area (Å²) in [6, 6.07) is 3.05. The van der Waals surface area contributed by atoms with Crippen LogP contribution in [0.5, 0.6) is 5.75 Å². The summed E-state index contributed by atoms with van der Waals surface area (Å²) in [6.45, 7) is 0. The highest BCUT2D eigenvalue weighted by atomic mass is 35.5. The van der Waals surface area contributed by atoms with Gasteiger partial charge in [-0.2, -0.15) is 0 Å². The molecule has 2 aromatic rings. The largest absolute Gasteiger partial charge is 0.505 e. The molecule has 0 aliphatic heterocycles. The Morgan fingerprint density at radius 1 is 1.60 bits per heavy atom. The number of fused-ring (bicyclic) bond motifs is 1. The van der Waals surface area contributed by atoms with E-state index in [9.17, 15) is 9.90 Å². The quantitative estimate of drug-likeness (QED) is 0.756. The van der Waals surface area contributed by atoms with Crippen molar-refractivity contribution in [2.24, 2.45) is 0 Å². The van der Waals surface area contributed by atoms with E-state index < -0.39 is 5.97 Å². The van der Waals surface area contributed by atoms with E-state index in [-0.39, 0.29) is 11.3 Å². The molecule has 0 spiro atoms. The minimum absolute atomic E-state index is 0.125. The molecule has 0 saturated carbocycles. The van der Waals surface area contributed by atoms with Crippen molar-refractivity contribution < 1.29 is 14.6 Å². The molecule has 0 saturated heterocycles. The second-order valence-electron chi connectivity index (χ2n) is 3.02. The van der Waals surface area contributed by atoms with Crippen molar-refractivity contribution in [3.05, 3.63) is 35.1 Å². The summed E-state index contributed by atoms with van der Waals surface area (Å²) in [5.74, 6) is -0.705. The fourth-order valence-electron chi connectivity index (χ4n) is 1.41. The number of esters is 1. The average Bonchev–Trinajstić information content (AvgIpc) is 2.59. The molecule has 1 N–H and O–H groups in total. The van der Waals surface area contributed by atoms with Gasteiger partial charge in [0.25, 0.3) is 0 Å². The third-order valence-electron chi connectivity index (χ3n) is 2.12. The highest BCUT2D eigenvalue weighted by Gasteiger charge is 2.14. The summed E-state index contributed by atoms with van der Waals surface area (Å²) in [6.07, 6.45) is 3.27. The topological polar surface area (TPSA) is 50.9 Å². The summed E-state index contributed by atoms with van der Waals surface area (Å²) in [7, 11) is 1.26. The Bertz CT molecular complexity index is 533. The maximum Gasteiger partial charge on any atom is 0.341 e. The molecule has 0 radical (unpaired) electrons. The third-order valence-corrected chi connectivity index (χ3v) is 2.33. The van der Waals surface area contributed by atoms with Crippen molar-refractivity contribution in [1.82, 2.24) is 4.40 Å². The summed E-state index contributed by atoms with van der Waals surface area (Å²) < 4.78 is 6.16. The Balaban J connectivity index is 2.69. The van der Waals surface area contributed by atoms with Gasteiger partial charge >= 0.3 is 5.97 Å². The van der Waals surface area contributed by atoms with Crippen molar-refractivity contribution in [2.45, 2.75) is 0 Å². The van der Waals surface area contributed by atoms with Gasteiger partial charge in [0.1, 0.15) is 5.56 Å². The molecule has 2 heterocycles. The van der Waals surface area contributed by atoms with E-state index in [0.29, 0.717) is 10.5 Å². The van der Waals surface area contributed by atoms with Crippen LogP contribution in [0.2, 0.25) is 5.02 Å². The van der Waals surface area contributed by atoms with Crippen molar-refractivity contribution in [3.8, 4) is 5.75 Å². The van der Waals surface area contributed by atoms with Crippen LogP contribution in [0.1, 0.15) is 10.4 Å². The van der Waals surface area contributed by atoms with E-state index in [1.54, 1.807) is 22.9 Å². The Kier molecular flexibility index (Phi) is 2.28. The first-order valence-electron chi connectivity index (χ1n) is 4.21. The minimum atomic E-state index is -0.577. The monoisotopic (exact) mass is 225 g/mol. The lowest BCUT2D eigenvalue weighted by Crippen LogP contribution is -2.02. The Hall–Kier alpha value is -1.68. The summed E-state index contributed by atoms with van der Waals surface area (Å²) >= 11 is 5.77. The predicted molar refractivity (Wildman–Crippen MR) is 55.4 cm³/mol. The molecule has 78 valence electrons. The molecule has 2 aromatic heterocycles. The third kappa shape index (κ3) is 1.53. The van der Waals surface area contributed by atoms with E-state index in [0.717, 1.165) is 0 Å². The van der Waals surface area contributed by atoms with Crippen LogP contribution in [0.4, 0.5) is 0 Å². The van der Waals surface area contributed by atoms with Gasteiger partial charge in [0.15, 0.2) is 5.75 Å². The molecular formula is C10H8ClNO3. The number of methoxy groups -OCH3 is 1. The zero-order valence-corrected chi connectivity index (χ0v) is 8.65. The van der Waals surface area contributed by atoms with E-state index >= 15 is 0 Å². The van der Waals surface area contributed by atoms with Crippen molar-refractivity contribution in [1.29, 1.82) is 0 Å². The molecule has 0 aliphatic carbocycles. The fraction of sp³-hybridized carbons (Fsp3) is 0.100. The maximum atomic E-state index is 11.3. The van der Waals surface area contributed by atoms with Gasteiger partial charge < -0.3 is 14.2 Å². The second kappa shape index (κ2) is 3.47. The number of ether oxygens (including phenoxy) is 1. The maximum absolute atomic E-state index is 11.3. The molecule has 0 bridgehead atoms. The van der Waals surface area contributed by atoms with Crippen LogP contribution in [0.3, 0.4) is 0 Å². The number of hydrogen-bond donors (Lipinski definition) is 1. The van der Waals surface area contributed by atoms with Crippen molar-refractivity contribution >= 4 is 23.1 Å². The smallest absolute Gasteiger partial charge is 0.341 e. The number of carbonyl (C=O) groups is 1. The van der Waals surface area contributed by atoms with E-state index in [4.69, 9.17) is 11.6 Å². The van der Waals surface area contributed by atoms with Crippen molar-refractivity contribution in [3.63, 3.8) is 0 Å². The van der Waals surface area contributed by atoms with Crippen LogP contribution in [0.15, 0.2) is 24.5 Å². The summed E-state index contributed by atoms with van der Waals surface area (Å²) in [4.78, 5) is 11.3. The van der Waals surface area contributed by atoms with E-state index in [1.165, 1.54) is 13.2 Å². The zero-order chi connectivity index (χ0) is 11.0. The van der Waals surface area contributed by atoms with Crippen LogP contribution in [0, 0.1) is 0 Å². The van der Waals surface area contributed by atoms with E-state index in [1.807, 2.05) is 0 Å². The van der Waals surface area contributed by atoms with Gasteiger partial charge in [-0.3, -0.25) is 0 Å². The van der Waals surface area contributed by atoms with Crippen LogP contribution < -0.4 is 0 Å². The minimum Gasteiger partial charge on any atom is -0.505 e. The molecule has 0 amide bonds. The Labute approximate surface area is 90.7 Å². The van der Waals surface area contributed by atoms with Crippen LogP contribution in [0.25, 0.3) is 5.52 Å². The van der Waals surface area contributed by atoms with Gasteiger partial charge in [-0.1, -0.05) is 11.6 Å². The second-order valence-corrected chi connectivity index (χ2v) is 3.46. The number of pyridine rings is 1. The molecule has 15 heavy (non-hydrogen) atoms. The molecule has 0 aromatic carbocycles. The first-order chi connectivity index (χ1) is 7.13. The summed E-state index contributed by atoms with van der Waals surface area (Å²) in [5, 5.41) is 10.3. The van der Waals surface area contributed by atoms with Crippen LogP contribution in [-0.2, 0) is 4.74 Å². The number of carbonyl (C=O) groups excluding carboxylic acids is 1. The van der Waals surface area contributed by atoms with Gasteiger partial charge in [0.05, 0.1) is 17.6 Å². The molecule has 0 atom stereocenters. The lowest BCUT2D eigenvalue weighted by Gasteiger charge is -2.04. The first-order valence-corrected chi connectivity index (χ1v) is 4.59. The zero-order valence-electron chi connectivity index (χ0n) is 7.90. The van der Waals surface area contributed by atoms with Gasteiger partial charge in [-0.25, -0.2) is 4.79 Å². The predicted octanol–water partition coefficient (Wildman–Crippen LogP) is 2.08. The Morgan fingerprint density at radius 2 is 2.33 bits per heavy atom. The number of halogens is 1. The molecular weight excluding hydrogens is 218 g/mol. The lowest BCUT2D eigenvalue weighted by molar-refractivity contribution is 0.0597. The number of hydrogen-bond acceptors (Lipinski definition) is 3. The fourth-order valence-corrected chi connectivity index (χ4v) is 1.61. The number of aromatic nitrogens is 1. The average molecular weight is 226 g/mol. The van der Waals surface area contributed by atoms with Gasteiger partial charge in [-0.05, 0) is 12.1 Å². The molecule has 0 unspecified atom stereocenters. The highest BCUT2D eigenvalue weighted by Crippen LogP contribution is 2.27. The van der Waals surface area contributed by atoms with Gasteiger partial charge in [-0.15, -0.1) is 0 Å². The Morgan fingerprint density at radius 3 is 3.00 bits per heavy atom. The van der Waals surface area contributed by atoms with Crippen LogP contribution >= 0.6 is 11.6 Å². The normalized spacial score (nSPS) is 10.5.